The number of hydrogen-bond acceptors (Lipinski definition) is 2. The van der Waals surface area contributed by atoms with E-state index < -0.39 is 5.37 Å². The number of nitrogens with zero attached hydrogens (tertiary/aromatic N) is 2. The van der Waals surface area contributed by atoms with Gasteiger partial charge in [0.25, 0.3) is 0 Å². The first-order chi connectivity index (χ1) is 6.77. The molecule has 0 spiro atoms. The molecule has 4 heteroatoms. The maximum atomic E-state index is 10.8. The van der Waals surface area contributed by atoms with E-state index in [1.165, 1.54) is 17.4 Å². The average Bonchev–Trinajstić information content (AvgIpc) is 2.71. The molecular formula is C10H12ClN2O+. The fraction of sp³-hybridized carbons (Fsp3) is 0.400. The van der Waals surface area contributed by atoms with Gasteiger partial charge in [0.05, 0.1) is 0 Å². The topological polar surface area (TPSA) is 24.2 Å². The maximum absolute atomic E-state index is 10.8. The van der Waals surface area contributed by atoms with E-state index in [0.717, 1.165) is 18.8 Å². The molecule has 0 atom stereocenters. The van der Waals surface area contributed by atoms with Crippen molar-refractivity contribution < 1.29 is 9.36 Å². The lowest BCUT2D eigenvalue weighted by Gasteiger charge is -2.15. The monoisotopic (exact) mass is 211 g/mol. The van der Waals surface area contributed by atoms with Gasteiger partial charge in [-0.1, -0.05) is 0 Å². The molecule has 2 rings (SSSR count). The minimum absolute atomic E-state index is 0.474. The van der Waals surface area contributed by atoms with Crippen molar-refractivity contribution in [1.82, 2.24) is 0 Å². The van der Waals surface area contributed by atoms with E-state index in [1.54, 1.807) is 12.4 Å². The van der Waals surface area contributed by atoms with Crippen molar-refractivity contribution in [2.75, 3.05) is 18.0 Å². The molecule has 0 amide bonds. The Balaban J connectivity index is 2.16. The number of anilines is 1. The average molecular weight is 212 g/mol. The Hall–Kier alpha value is -1.09. The van der Waals surface area contributed by atoms with Gasteiger partial charge in [-0.3, -0.25) is 0 Å². The number of carbonyl (C=O) groups is 1. The molecule has 1 aliphatic heterocycles. The van der Waals surface area contributed by atoms with Crippen molar-refractivity contribution in [2.45, 2.75) is 12.8 Å². The lowest BCUT2D eigenvalue weighted by molar-refractivity contribution is -0.562. The summed E-state index contributed by atoms with van der Waals surface area (Å²) in [6, 6.07) is 3.84. The first-order valence-electron chi connectivity index (χ1n) is 4.73. The van der Waals surface area contributed by atoms with E-state index in [4.69, 9.17) is 11.6 Å². The Bertz CT molecular complexity index is 330. The highest BCUT2D eigenvalue weighted by Crippen LogP contribution is 2.17. The fourth-order valence-electron chi connectivity index (χ4n) is 1.72. The van der Waals surface area contributed by atoms with Gasteiger partial charge in [0, 0.05) is 42.5 Å². The highest BCUT2D eigenvalue weighted by Gasteiger charge is 2.15. The van der Waals surface area contributed by atoms with Crippen LogP contribution in [0.25, 0.3) is 0 Å². The molecule has 0 bridgehead atoms. The molecular weight excluding hydrogens is 200 g/mol. The van der Waals surface area contributed by atoms with Crippen molar-refractivity contribution >= 4 is 22.7 Å². The van der Waals surface area contributed by atoms with Gasteiger partial charge in [-0.05, 0) is 12.8 Å². The van der Waals surface area contributed by atoms with E-state index in [-0.39, 0.29) is 0 Å². The molecule has 2 heterocycles. The Labute approximate surface area is 87.9 Å². The molecule has 1 saturated heterocycles. The number of aromatic nitrogens is 1. The Morgan fingerprint density at radius 3 is 2.36 bits per heavy atom. The first kappa shape index (κ1) is 9.46. The van der Waals surface area contributed by atoms with Gasteiger partial charge in [0.2, 0.25) is 0 Å². The third kappa shape index (κ3) is 1.87. The number of halogens is 1. The SMILES string of the molecule is O=C(Cl)[n+]1ccc(N2CCCC2)cc1. The number of hydrogen-bond donors (Lipinski definition) is 0. The zero-order valence-electron chi connectivity index (χ0n) is 7.82. The summed E-state index contributed by atoms with van der Waals surface area (Å²) in [7, 11) is 0. The van der Waals surface area contributed by atoms with E-state index in [9.17, 15) is 4.79 Å². The van der Waals surface area contributed by atoms with Crippen LogP contribution >= 0.6 is 11.6 Å². The Morgan fingerprint density at radius 1 is 1.29 bits per heavy atom. The molecule has 74 valence electrons. The summed E-state index contributed by atoms with van der Waals surface area (Å²) >= 11 is 5.33. The van der Waals surface area contributed by atoms with Crippen molar-refractivity contribution in [3.63, 3.8) is 0 Å². The molecule has 0 N–H and O–H groups in total. The lowest BCUT2D eigenvalue weighted by atomic mass is 10.3. The standard InChI is InChI=1S/C10H12ClN2O/c11-10(14)13-7-3-9(4-8-13)12-5-1-2-6-12/h3-4,7-8H,1-2,5-6H2/q+1. The van der Waals surface area contributed by atoms with Gasteiger partial charge in [0.15, 0.2) is 12.4 Å². The summed E-state index contributed by atoms with van der Waals surface area (Å²) in [5, 5.41) is -0.474. The summed E-state index contributed by atoms with van der Waals surface area (Å²) in [5.74, 6) is 0. The molecule has 1 aliphatic rings. The summed E-state index contributed by atoms with van der Waals surface area (Å²) in [6.45, 7) is 2.22. The van der Waals surface area contributed by atoms with Gasteiger partial charge in [0.1, 0.15) is 0 Å². The summed E-state index contributed by atoms with van der Waals surface area (Å²) in [4.78, 5) is 13.1. The molecule has 0 radical (unpaired) electrons. The molecule has 0 saturated carbocycles. The van der Waals surface area contributed by atoms with E-state index in [1.807, 2.05) is 12.1 Å². The van der Waals surface area contributed by atoms with Crippen LogP contribution in [0.4, 0.5) is 10.5 Å². The van der Waals surface area contributed by atoms with Gasteiger partial charge >= 0.3 is 5.37 Å². The lowest BCUT2D eigenvalue weighted by Crippen LogP contribution is -2.37. The van der Waals surface area contributed by atoms with Crippen LogP contribution in [0.1, 0.15) is 12.8 Å². The predicted molar refractivity (Wildman–Crippen MR) is 54.7 cm³/mol. The minimum Gasteiger partial charge on any atom is -0.371 e. The zero-order chi connectivity index (χ0) is 9.97. The summed E-state index contributed by atoms with van der Waals surface area (Å²) in [6.07, 6.45) is 5.90. The van der Waals surface area contributed by atoms with E-state index in [2.05, 4.69) is 4.90 Å². The first-order valence-corrected chi connectivity index (χ1v) is 5.11. The van der Waals surface area contributed by atoms with Gasteiger partial charge in [-0.15, -0.1) is 4.57 Å². The van der Waals surface area contributed by atoms with Crippen LogP contribution in [0.3, 0.4) is 0 Å². The maximum Gasteiger partial charge on any atom is 0.491 e. The minimum atomic E-state index is -0.474. The second-order valence-electron chi connectivity index (χ2n) is 3.41. The molecule has 0 aliphatic carbocycles. The molecule has 0 aromatic carbocycles. The van der Waals surface area contributed by atoms with Crippen molar-refractivity contribution in [1.29, 1.82) is 0 Å². The largest absolute Gasteiger partial charge is 0.491 e. The molecule has 1 fully saturated rings. The molecule has 0 unspecified atom stereocenters. The van der Waals surface area contributed by atoms with Crippen LogP contribution < -0.4 is 9.47 Å². The molecule has 14 heavy (non-hydrogen) atoms. The number of pyridine rings is 1. The predicted octanol–water partition coefficient (Wildman–Crippen LogP) is 1.78. The summed E-state index contributed by atoms with van der Waals surface area (Å²) < 4.78 is 1.36. The van der Waals surface area contributed by atoms with Gasteiger partial charge < -0.3 is 4.90 Å². The van der Waals surface area contributed by atoms with Crippen LogP contribution in [-0.2, 0) is 0 Å². The summed E-state index contributed by atoms with van der Waals surface area (Å²) in [5.41, 5.74) is 1.16. The second kappa shape index (κ2) is 3.96. The third-order valence-corrected chi connectivity index (χ3v) is 2.68. The van der Waals surface area contributed by atoms with Crippen LogP contribution in [0.2, 0.25) is 0 Å². The molecule has 3 nitrogen and oxygen atoms in total. The number of rotatable bonds is 1. The van der Waals surface area contributed by atoms with E-state index in [0.29, 0.717) is 0 Å². The van der Waals surface area contributed by atoms with Gasteiger partial charge in [-0.2, -0.15) is 0 Å². The van der Waals surface area contributed by atoms with Gasteiger partial charge in [-0.25, -0.2) is 4.79 Å². The molecule has 1 aromatic heterocycles. The zero-order valence-corrected chi connectivity index (χ0v) is 8.57. The van der Waals surface area contributed by atoms with Crippen molar-refractivity contribution in [3.8, 4) is 0 Å². The van der Waals surface area contributed by atoms with Crippen LogP contribution in [-0.4, -0.2) is 18.5 Å². The Morgan fingerprint density at radius 2 is 1.86 bits per heavy atom. The molecule has 1 aromatic rings. The van der Waals surface area contributed by atoms with Crippen LogP contribution in [0.5, 0.6) is 0 Å². The quantitative estimate of drug-likeness (QED) is 0.523. The van der Waals surface area contributed by atoms with Crippen molar-refractivity contribution in [3.05, 3.63) is 24.5 Å². The smallest absolute Gasteiger partial charge is 0.371 e. The van der Waals surface area contributed by atoms with Crippen LogP contribution in [0.15, 0.2) is 24.5 Å². The fourth-order valence-corrected chi connectivity index (χ4v) is 1.83. The highest BCUT2D eigenvalue weighted by molar-refractivity contribution is 6.60. The van der Waals surface area contributed by atoms with E-state index >= 15 is 0 Å². The Kier molecular flexibility index (Phi) is 2.68. The highest BCUT2D eigenvalue weighted by atomic mass is 35.5. The normalized spacial score (nSPS) is 15.9. The van der Waals surface area contributed by atoms with Crippen molar-refractivity contribution in [2.24, 2.45) is 0 Å². The third-order valence-electron chi connectivity index (χ3n) is 2.49. The second-order valence-corrected chi connectivity index (χ2v) is 3.73. The number of carbonyl (C=O) groups excluding carboxylic acids is 1. The van der Waals surface area contributed by atoms with Crippen LogP contribution in [0, 0.1) is 0 Å².